The zero-order valence-corrected chi connectivity index (χ0v) is 14.0. The smallest absolute Gasteiger partial charge is 0.274 e. The van der Waals surface area contributed by atoms with E-state index in [9.17, 15) is 4.79 Å². The van der Waals surface area contributed by atoms with E-state index in [2.05, 4.69) is 26.7 Å². The van der Waals surface area contributed by atoms with Gasteiger partial charge in [-0.1, -0.05) is 6.07 Å². The second kappa shape index (κ2) is 7.40. The number of carbonyl (C=O) groups is 1. The van der Waals surface area contributed by atoms with Crippen LogP contribution in [0, 0.1) is 13.8 Å². The van der Waals surface area contributed by atoms with E-state index in [0.29, 0.717) is 18.2 Å². The lowest BCUT2D eigenvalue weighted by molar-refractivity contribution is 0.102. The Morgan fingerprint density at radius 2 is 2.08 bits per heavy atom. The second-order valence-electron chi connectivity index (χ2n) is 6.11. The summed E-state index contributed by atoms with van der Waals surface area (Å²) in [5.74, 6) is 0.195. The summed E-state index contributed by atoms with van der Waals surface area (Å²) in [6.45, 7) is 5.47. The molecule has 1 amide bonds. The highest BCUT2D eigenvalue weighted by Gasteiger charge is 2.16. The molecule has 2 N–H and O–H groups in total. The van der Waals surface area contributed by atoms with Gasteiger partial charge in [0.05, 0.1) is 6.10 Å². The van der Waals surface area contributed by atoms with Crippen molar-refractivity contribution in [3.05, 3.63) is 47.3 Å². The predicted octanol–water partition coefficient (Wildman–Crippen LogP) is 2.94. The van der Waals surface area contributed by atoms with Gasteiger partial charge in [-0.2, -0.15) is 0 Å². The van der Waals surface area contributed by atoms with Crippen LogP contribution in [0.5, 0.6) is 0 Å². The summed E-state index contributed by atoms with van der Waals surface area (Å²) in [6.07, 6.45) is 3.91. The fourth-order valence-electron chi connectivity index (χ4n) is 2.82. The Morgan fingerprint density at radius 1 is 1.29 bits per heavy atom. The maximum atomic E-state index is 12.4. The zero-order valence-electron chi connectivity index (χ0n) is 14.0. The third-order valence-corrected chi connectivity index (χ3v) is 3.88. The van der Waals surface area contributed by atoms with Gasteiger partial charge in [0.15, 0.2) is 0 Å². The zero-order chi connectivity index (χ0) is 16.9. The third kappa shape index (κ3) is 4.29. The number of nitrogens with zero attached hydrogens (tertiary/aromatic N) is 2. The van der Waals surface area contributed by atoms with Gasteiger partial charge in [-0.3, -0.25) is 4.79 Å². The molecule has 1 atom stereocenters. The minimum Gasteiger partial charge on any atom is -0.376 e. The molecule has 1 aliphatic rings. The molecule has 6 nitrogen and oxygen atoms in total. The summed E-state index contributed by atoms with van der Waals surface area (Å²) in [4.78, 5) is 20.8. The van der Waals surface area contributed by atoms with Crippen molar-refractivity contribution in [2.45, 2.75) is 32.8 Å². The molecule has 0 spiro atoms. The van der Waals surface area contributed by atoms with Crippen LogP contribution in [0.2, 0.25) is 0 Å². The van der Waals surface area contributed by atoms with E-state index in [1.54, 1.807) is 12.3 Å². The second-order valence-corrected chi connectivity index (χ2v) is 6.11. The Labute approximate surface area is 141 Å². The van der Waals surface area contributed by atoms with Gasteiger partial charge in [0, 0.05) is 25.0 Å². The first-order chi connectivity index (χ1) is 11.6. The molecule has 1 unspecified atom stereocenters. The highest BCUT2D eigenvalue weighted by atomic mass is 16.5. The van der Waals surface area contributed by atoms with Gasteiger partial charge < -0.3 is 15.4 Å². The number of benzene rings is 1. The Kier molecular flexibility index (Phi) is 5.05. The first kappa shape index (κ1) is 16.4. The molecule has 1 fully saturated rings. The molecule has 1 aromatic heterocycles. The summed E-state index contributed by atoms with van der Waals surface area (Å²) in [5, 5.41) is 6.02. The SMILES string of the molecule is Cc1cc(C)cc(NC(=O)c2ccnc(NCC3CCCO3)n2)c1. The molecule has 126 valence electrons. The van der Waals surface area contributed by atoms with E-state index in [4.69, 9.17) is 4.74 Å². The van der Waals surface area contributed by atoms with Crippen LogP contribution in [-0.2, 0) is 4.74 Å². The molecule has 1 aliphatic heterocycles. The van der Waals surface area contributed by atoms with Crippen molar-refractivity contribution in [1.82, 2.24) is 9.97 Å². The van der Waals surface area contributed by atoms with Crippen LogP contribution in [0.15, 0.2) is 30.5 Å². The summed E-state index contributed by atoms with van der Waals surface area (Å²) >= 11 is 0. The standard InChI is InChI=1S/C18H22N4O2/c1-12-8-13(2)10-14(9-12)21-17(23)16-5-6-19-18(22-16)20-11-15-4-3-7-24-15/h5-6,8-10,15H,3-4,7,11H2,1-2H3,(H,21,23)(H,19,20,22). The molecule has 0 saturated carbocycles. The molecule has 6 heteroatoms. The van der Waals surface area contributed by atoms with Gasteiger partial charge in [-0.05, 0) is 56.0 Å². The normalized spacial score (nSPS) is 16.8. The minimum absolute atomic E-state index is 0.196. The van der Waals surface area contributed by atoms with Gasteiger partial charge in [0.25, 0.3) is 5.91 Å². The first-order valence-corrected chi connectivity index (χ1v) is 8.18. The molecular formula is C18H22N4O2. The van der Waals surface area contributed by atoms with Gasteiger partial charge >= 0.3 is 0 Å². The number of carbonyl (C=O) groups excluding carboxylic acids is 1. The molecule has 0 aliphatic carbocycles. The van der Waals surface area contributed by atoms with Crippen LogP contribution in [-0.4, -0.2) is 35.1 Å². The number of hydrogen-bond acceptors (Lipinski definition) is 5. The van der Waals surface area contributed by atoms with E-state index < -0.39 is 0 Å². The fraction of sp³-hybridized carbons (Fsp3) is 0.389. The van der Waals surface area contributed by atoms with E-state index in [1.165, 1.54) is 0 Å². The van der Waals surface area contributed by atoms with Crippen LogP contribution in [0.4, 0.5) is 11.6 Å². The highest BCUT2D eigenvalue weighted by molar-refractivity contribution is 6.03. The lowest BCUT2D eigenvalue weighted by Crippen LogP contribution is -2.21. The average Bonchev–Trinajstić information content (AvgIpc) is 3.05. The van der Waals surface area contributed by atoms with Crippen LogP contribution in [0.3, 0.4) is 0 Å². The van der Waals surface area contributed by atoms with Crippen LogP contribution >= 0.6 is 0 Å². The lowest BCUT2D eigenvalue weighted by atomic mass is 10.1. The van der Waals surface area contributed by atoms with Gasteiger partial charge in [-0.25, -0.2) is 9.97 Å². The molecule has 0 bridgehead atoms. The predicted molar refractivity (Wildman–Crippen MR) is 93.4 cm³/mol. The first-order valence-electron chi connectivity index (χ1n) is 8.18. The molecule has 2 aromatic rings. The van der Waals surface area contributed by atoms with Crippen LogP contribution in [0.25, 0.3) is 0 Å². The van der Waals surface area contributed by atoms with Crippen molar-refractivity contribution in [3.63, 3.8) is 0 Å². The summed E-state index contributed by atoms with van der Waals surface area (Å²) < 4.78 is 5.56. The molecule has 1 aromatic carbocycles. The average molecular weight is 326 g/mol. The molecule has 2 heterocycles. The van der Waals surface area contributed by atoms with Crippen molar-refractivity contribution in [3.8, 4) is 0 Å². The quantitative estimate of drug-likeness (QED) is 0.883. The Bertz CT molecular complexity index is 706. The number of aryl methyl sites for hydroxylation is 2. The van der Waals surface area contributed by atoms with E-state index >= 15 is 0 Å². The van der Waals surface area contributed by atoms with Crippen molar-refractivity contribution in [2.24, 2.45) is 0 Å². The molecule has 1 saturated heterocycles. The largest absolute Gasteiger partial charge is 0.376 e. The maximum absolute atomic E-state index is 12.4. The maximum Gasteiger partial charge on any atom is 0.274 e. The van der Waals surface area contributed by atoms with Gasteiger partial charge in [0.2, 0.25) is 5.95 Å². The monoisotopic (exact) mass is 326 g/mol. The van der Waals surface area contributed by atoms with Gasteiger partial charge in [-0.15, -0.1) is 0 Å². The highest BCUT2D eigenvalue weighted by Crippen LogP contribution is 2.15. The number of hydrogen-bond donors (Lipinski definition) is 2. The number of anilines is 2. The number of nitrogens with one attached hydrogen (secondary N) is 2. The number of rotatable bonds is 5. The number of ether oxygens (including phenoxy) is 1. The Balaban J connectivity index is 1.64. The third-order valence-electron chi connectivity index (χ3n) is 3.88. The summed E-state index contributed by atoms with van der Waals surface area (Å²) in [5.41, 5.74) is 3.31. The fourth-order valence-corrected chi connectivity index (χ4v) is 2.82. The minimum atomic E-state index is -0.248. The van der Waals surface area contributed by atoms with Crippen LogP contribution < -0.4 is 10.6 Å². The number of amides is 1. The molecule has 0 radical (unpaired) electrons. The van der Waals surface area contributed by atoms with E-state index in [1.807, 2.05) is 26.0 Å². The summed E-state index contributed by atoms with van der Waals surface area (Å²) in [6, 6.07) is 7.54. The topological polar surface area (TPSA) is 76.1 Å². The Hall–Kier alpha value is -2.47. The molecule has 3 rings (SSSR count). The number of aromatic nitrogens is 2. The van der Waals surface area contributed by atoms with Crippen molar-refractivity contribution < 1.29 is 9.53 Å². The van der Waals surface area contributed by atoms with E-state index in [0.717, 1.165) is 36.3 Å². The van der Waals surface area contributed by atoms with Crippen molar-refractivity contribution in [1.29, 1.82) is 0 Å². The van der Waals surface area contributed by atoms with Gasteiger partial charge in [0.1, 0.15) is 5.69 Å². The van der Waals surface area contributed by atoms with Crippen LogP contribution in [0.1, 0.15) is 34.5 Å². The Morgan fingerprint density at radius 3 is 2.79 bits per heavy atom. The molecular weight excluding hydrogens is 304 g/mol. The van der Waals surface area contributed by atoms with Crippen molar-refractivity contribution >= 4 is 17.5 Å². The van der Waals surface area contributed by atoms with E-state index in [-0.39, 0.29) is 12.0 Å². The molecule has 24 heavy (non-hydrogen) atoms. The lowest BCUT2D eigenvalue weighted by Gasteiger charge is -2.11. The summed E-state index contributed by atoms with van der Waals surface area (Å²) in [7, 11) is 0. The van der Waals surface area contributed by atoms with Crippen molar-refractivity contribution in [2.75, 3.05) is 23.8 Å².